The molecule has 92 valence electrons. The van der Waals surface area contributed by atoms with E-state index >= 15 is 0 Å². The second-order valence-corrected chi connectivity index (χ2v) is 6.23. The Balaban J connectivity index is 2.15. The van der Waals surface area contributed by atoms with Crippen LogP contribution in [0.5, 0.6) is 0 Å². The van der Waals surface area contributed by atoms with Crippen molar-refractivity contribution in [3.63, 3.8) is 0 Å². The van der Waals surface area contributed by atoms with Crippen LogP contribution < -0.4 is 0 Å². The topological polar surface area (TPSA) is 20.3 Å². The first kappa shape index (κ1) is 12.9. The molecule has 0 aromatic heterocycles. The third kappa shape index (κ3) is 3.00. The predicted molar refractivity (Wildman–Crippen MR) is 78.1 cm³/mol. The SMILES string of the molecule is CC1CCN(C(=O)c2cccc(I)c2)C(C)C1. The van der Waals surface area contributed by atoms with E-state index in [1.165, 1.54) is 0 Å². The van der Waals surface area contributed by atoms with Crippen molar-refractivity contribution >= 4 is 28.5 Å². The van der Waals surface area contributed by atoms with Crippen molar-refractivity contribution in [1.82, 2.24) is 4.90 Å². The molecular formula is C14H18INO. The van der Waals surface area contributed by atoms with E-state index in [2.05, 4.69) is 36.4 Å². The lowest BCUT2D eigenvalue weighted by Gasteiger charge is -2.36. The molecule has 2 nitrogen and oxygen atoms in total. The second kappa shape index (κ2) is 5.38. The molecule has 17 heavy (non-hydrogen) atoms. The summed E-state index contributed by atoms with van der Waals surface area (Å²) < 4.78 is 1.12. The van der Waals surface area contributed by atoms with Crippen LogP contribution in [0, 0.1) is 9.49 Å². The standard InChI is InChI=1S/C14H18INO/c1-10-6-7-16(11(2)8-10)14(17)12-4-3-5-13(15)9-12/h3-5,9-11H,6-8H2,1-2H3. The molecule has 0 N–H and O–H groups in total. The zero-order valence-electron chi connectivity index (χ0n) is 10.3. The van der Waals surface area contributed by atoms with Gasteiger partial charge in [-0.25, -0.2) is 0 Å². The van der Waals surface area contributed by atoms with E-state index in [9.17, 15) is 4.79 Å². The first-order valence-electron chi connectivity index (χ1n) is 6.14. The normalized spacial score (nSPS) is 24.8. The summed E-state index contributed by atoms with van der Waals surface area (Å²) in [7, 11) is 0. The third-order valence-corrected chi connectivity index (χ3v) is 4.14. The summed E-state index contributed by atoms with van der Waals surface area (Å²) >= 11 is 2.25. The highest BCUT2D eigenvalue weighted by Crippen LogP contribution is 2.24. The van der Waals surface area contributed by atoms with Crippen LogP contribution in [0.25, 0.3) is 0 Å². The number of nitrogens with zero attached hydrogens (tertiary/aromatic N) is 1. The van der Waals surface area contributed by atoms with Gasteiger partial charge in [-0.2, -0.15) is 0 Å². The van der Waals surface area contributed by atoms with Gasteiger partial charge in [0.1, 0.15) is 0 Å². The molecule has 1 aromatic rings. The molecule has 1 heterocycles. The number of likely N-dealkylation sites (tertiary alicyclic amines) is 1. The fraction of sp³-hybridized carbons (Fsp3) is 0.500. The minimum Gasteiger partial charge on any atom is -0.336 e. The van der Waals surface area contributed by atoms with Crippen LogP contribution in [-0.4, -0.2) is 23.4 Å². The van der Waals surface area contributed by atoms with Crippen LogP contribution in [0.15, 0.2) is 24.3 Å². The predicted octanol–water partition coefficient (Wildman–Crippen LogP) is 3.55. The molecule has 0 aliphatic carbocycles. The third-order valence-electron chi connectivity index (χ3n) is 3.47. The molecule has 2 unspecified atom stereocenters. The highest BCUT2D eigenvalue weighted by molar-refractivity contribution is 14.1. The van der Waals surface area contributed by atoms with Gasteiger partial charge in [0.05, 0.1) is 0 Å². The smallest absolute Gasteiger partial charge is 0.254 e. The fourth-order valence-corrected chi connectivity index (χ4v) is 3.04. The lowest BCUT2D eigenvalue weighted by molar-refractivity contribution is 0.0588. The number of rotatable bonds is 1. The number of benzene rings is 1. The van der Waals surface area contributed by atoms with Crippen LogP contribution in [0.4, 0.5) is 0 Å². The van der Waals surface area contributed by atoms with Gasteiger partial charge in [-0.1, -0.05) is 13.0 Å². The monoisotopic (exact) mass is 343 g/mol. The summed E-state index contributed by atoms with van der Waals surface area (Å²) in [5, 5.41) is 0. The number of amides is 1. The average molecular weight is 343 g/mol. The molecule has 3 heteroatoms. The minimum absolute atomic E-state index is 0.183. The number of carbonyl (C=O) groups excluding carboxylic acids is 1. The number of carbonyl (C=O) groups is 1. The maximum absolute atomic E-state index is 12.4. The lowest BCUT2D eigenvalue weighted by Crippen LogP contribution is -2.44. The van der Waals surface area contributed by atoms with E-state index < -0.39 is 0 Å². The van der Waals surface area contributed by atoms with Crippen molar-refractivity contribution in [2.45, 2.75) is 32.7 Å². The highest BCUT2D eigenvalue weighted by Gasteiger charge is 2.27. The van der Waals surface area contributed by atoms with Crippen LogP contribution in [0.1, 0.15) is 37.0 Å². The summed E-state index contributed by atoms with van der Waals surface area (Å²) in [4.78, 5) is 14.4. The van der Waals surface area contributed by atoms with Crippen LogP contribution >= 0.6 is 22.6 Å². The van der Waals surface area contributed by atoms with Gasteiger partial charge in [0, 0.05) is 21.7 Å². The van der Waals surface area contributed by atoms with Crippen molar-refractivity contribution in [1.29, 1.82) is 0 Å². The molecule has 0 spiro atoms. The van der Waals surface area contributed by atoms with Gasteiger partial charge in [-0.3, -0.25) is 4.79 Å². The highest BCUT2D eigenvalue weighted by atomic mass is 127. The van der Waals surface area contributed by atoms with Gasteiger partial charge in [0.25, 0.3) is 5.91 Å². The number of hydrogen-bond acceptors (Lipinski definition) is 1. The zero-order chi connectivity index (χ0) is 12.4. The molecule has 2 atom stereocenters. The zero-order valence-corrected chi connectivity index (χ0v) is 12.5. The van der Waals surface area contributed by atoms with E-state index in [1.54, 1.807) is 0 Å². The Morgan fingerprint density at radius 2 is 2.18 bits per heavy atom. The van der Waals surface area contributed by atoms with Gasteiger partial charge in [0.2, 0.25) is 0 Å². The van der Waals surface area contributed by atoms with Gasteiger partial charge < -0.3 is 4.90 Å². The van der Waals surface area contributed by atoms with Gasteiger partial charge in [-0.05, 0) is 66.5 Å². The van der Waals surface area contributed by atoms with Crippen molar-refractivity contribution < 1.29 is 4.79 Å². The Kier molecular flexibility index (Phi) is 4.07. The molecule has 1 aliphatic rings. The van der Waals surface area contributed by atoms with E-state index in [0.717, 1.165) is 34.4 Å². The average Bonchev–Trinajstić information content (AvgIpc) is 2.28. The van der Waals surface area contributed by atoms with Crippen molar-refractivity contribution in [2.24, 2.45) is 5.92 Å². The Hall–Kier alpha value is -0.580. The quantitative estimate of drug-likeness (QED) is 0.714. The number of hydrogen-bond donors (Lipinski definition) is 0. The maximum atomic E-state index is 12.4. The Labute approximate surface area is 117 Å². The maximum Gasteiger partial charge on any atom is 0.254 e. The summed E-state index contributed by atoms with van der Waals surface area (Å²) in [6.07, 6.45) is 2.25. The molecule has 1 fully saturated rings. The van der Waals surface area contributed by atoms with E-state index in [-0.39, 0.29) is 5.91 Å². The first-order valence-corrected chi connectivity index (χ1v) is 7.22. The van der Waals surface area contributed by atoms with E-state index in [4.69, 9.17) is 0 Å². The Bertz CT molecular complexity index is 418. The van der Waals surface area contributed by atoms with Gasteiger partial charge in [0.15, 0.2) is 0 Å². The molecule has 1 aromatic carbocycles. The minimum atomic E-state index is 0.183. The Morgan fingerprint density at radius 1 is 1.41 bits per heavy atom. The largest absolute Gasteiger partial charge is 0.336 e. The fourth-order valence-electron chi connectivity index (χ4n) is 2.50. The van der Waals surface area contributed by atoms with Crippen molar-refractivity contribution in [3.8, 4) is 0 Å². The van der Waals surface area contributed by atoms with Crippen LogP contribution in [0.3, 0.4) is 0 Å². The molecule has 1 saturated heterocycles. The van der Waals surface area contributed by atoms with Crippen molar-refractivity contribution in [2.75, 3.05) is 6.54 Å². The number of piperidine rings is 1. The second-order valence-electron chi connectivity index (χ2n) is 4.99. The molecule has 0 bridgehead atoms. The van der Waals surface area contributed by atoms with E-state index in [0.29, 0.717) is 6.04 Å². The summed E-state index contributed by atoms with van der Waals surface area (Å²) in [6.45, 7) is 5.32. The molecule has 0 radical (unpaired) electrons. The molecular weight excluding hydrogens is 325 g/mol. The summed E-state index contributed by atoms with van der Waals surface area (Å²) in [6, 6.07) is 8.21. The van der Waals surface area contributed by atoms with Gasteiger partial charge in [-0.15, -0.1) is 0 Å². The van der Waals surface area contributed by atoms with Crippen molar-refractivity contribution in [3.05, 3.63) is 33.4 Å². The molecule has 0 saturated carbocycles. The molecule has 1 aliphatic heterocycles. The summed E-state index contributed by atoms with van der Waals surface area (Å²) in [5.41, 5.74) is 0.818. The van der Waals surface area contributed by atoms with Gasteiger partial charge >= 0.3 is 0 Å². The Morgan fingerprint density at radius 3 is 2.82 bits per heavy atom. The van der Waals surface area contributed by atoms with Crippen LogP contribution in [-0.2, 0) is 0 Å². The van der Waals surface area contributed by atoms with E-state index in [1.807, 2.05) is 29.2 Å². The van der Waals surface area contributed by atoms with Crippen LogP contribution in [0.2, 0.25) is 0 Å². The number of halogens is 1. The lowest BCUT2D eigenvalue weighted by atomic mass is 9.93. The first-order chi connectivity index (χ1) is 8.08. The molecule has 2 rings (SSSR count). The summed E-state index contributed by atoms with van der Waals surface area (Å²) in [5.74, 6) is 0.924. The molecule has 1 amide bonds.